The van der Waals surface area contributed by atoms with Crippen molar-refractivity contribution >= 4 is 35.3 Å². The van der Waals surface area contributed by atoms with E-state index in [0.29, 0.717) is 35.0 Å². The lowest BCUT2D eigenvalue weighted by Crippen LogP contribution is -2.32. The van der Waals surface area contributed by atoms with Gasteiger partial charge in [0.15, 0.2) is 6.61 Å². The van der Waals surface area contributed by atoms with E-state index >= 15 is 0 Å². The molecule has 0 spiro atoms. The highest BCUT2D eigenvalue weighted by Crippen LogP contribution is 2.23. The maximum Gasteiger partial charge on any atom is 0.329 e. The molecule has 3 rings (SSSR count). The zero-order valence-electron chi connectivity index (χ0n) is 18.5. The smallest absolute Gasteiger partial charge is 0.329 e. The molecular formula is C25H24N4O5. The Morgan fingerprint density at radius 3 is 2.26 bits per heavy atom. The summed E-state index contributed by atoms with van der Waals surface area (Å²) in [6.45, 7) is 2.11. The van der Waals surface area contributed by atoms with E-state index in [1.165, 1.54) is 6.21 Å². The van der Waals surface area contributed by atoms with Gasteiger partial charge in [-0.15, -0.1) is 0 Å². The van der Waals surface area contributed by atoms with E-state index in [4.69, 9.17) is 9.47 Å². The number of nitrogens with one attached hydrogen (secondary N) is 3. The van der Waals surface area contributed by atoms with Crippen molar-refractivity contribution in [3.8, 4) is 11.5 Å². The van der Waals surface area contributed by atoms with E-state index in [9.17, 15) is 14.4 Å². The lowest BCUT2D eigenvalue weighted by atomic mass is 10.2. The van der Waals surface area contributed by atoms with Crippen LogP contribution in [0.5, 0.6) is 11.5 Å². The van der Waals surface area contributed by atoms with Crippen LogP contribution in [0.3, 0.4) is 0 Å². The molecule has 0 saturated carbocycles. The molecule has 9 heteroatoms. The molecule has 3 aromatic rings. The highest BCUT2D eigenvalue weighted by molar-refractivity contribution is 6.39. The van der Waals surface area contributed by atoms with Crippen LogP contribution in [0.1, 0.15) is 12.5 Å². The SMILES string of the molecule is CCOc1ccccc1NC(=O)C(=O)N/N=C\c1ccc(OCC(=O)Nc2ccccc2)cc1. The summed E-state index contributed by atoms with van der Waals surface area (Å²) in [6, 6.07) is 22.6. The second-order valence-corrected chi connectivity index (χ2v) is 6.85. The first-order valence-corrected chi connectivity index (χ1v) is 10.5. The van der Waals surface area contributed by atoms with Crippen LogP contribution in [-0.2, 0) is 14.4 Å². The Hall–Kier alpha value is -4.66. The molecule has 0 aliphatic heterocycles. The van der Waals surface area contributed by atoms with E-state index in [0.717, 1.165) is 0 Å². The van der Waals surface area contributed by atoms with Crippen molar-refractivity contribution in [2.24, 2.45) is 5.10 Å². The Morgan fingerprint density at radius 1 is 0.824 bits per heavy atom. The minimum atomic E-state index is -0.924. The van der Waals surface area contributed by atoms with Crippen LogP contribution < -0.4 is 25.5 Å². The molecule has 0 aliphatic rings. The summed E-state index contributed by atoms with van der Waals surface area (Å²) in [5, 5.41) is 9.01. The van der Waals surface area contributed by atoms with E-state index in [-0.39, 0.29) is 12.5 Å². The summed E-state index contributed by atoms with van der Waals surface area (Å²) in [7, 11) is 0. The quantitative estimate of drug-likeness (QED) is 0.258. The second-order valence-electron chi connectivity index (χ2n) is 6.85. The fraction of sp³-hybridized carbons (Fsp3) is 0.120. The number of nitrogens with zero attached hydrogens (tertiary/aromatic N) is 1. The zero-order chi connectivity index (χ0) is 24.2. The number of hydrazone groups is 1. The molecule has 0 unspecified atom stereocenters. The third-order valence-electron chi connectivity index (χ3n) is 4.33. The molecule has 3 amide bonds. The topological polar surface area (TPSA) is 118 Å². The van der Waals surface area contributed by atoms with Gasteiger partial charge >= 0.3 is 11.8 Å². The van der Waals surface area contributed by atoms with Gasteiger partial charge in [-0.2, -0.15) is 5.10 Å². The van der Waals surface area contributed by atoms with Gasteiger partial charge in [-0.1, -0.05) is 30.3 Å². The molecule has 3 N–H and O–H groups in total. The van der Waals surface area contributed by atoms with E-state index in [1.54, 1.807) is 60.7 Å². The Morgan fingerprint density at radius 2 is 1.53 bits per heavy atom. The predicted molar refractivity (Wildman–Crippen MR) is 129 cm³/mol. The molecule has 174 valence electrons. The van der Waals surface area contributed by atoms with Gasteiger partial charge in [-0.25, -0.2) is 5.43 Å². The van der Waals surface area contributed by atoms with Crippen LogP contribution in [0.2, 0.25) is 0 Å². The lowest BCUT2D eigenvalue weighted by molar-refractivity contribution is -0.136. The molecule has 0 aromatic heterocycles. The average Bonchev–Trinajstić information content (AvgIpc) is 2.85. The van der Waals surface area contributed by atoms with Crippen LogP contribution in [0.25, 0.3) is 0 Å². The standard InChI is InChI=1S/C25H24N4O5/c1-2-33-22-11-7-6-10-21(22)28-24(31)25(32)29-26-16-18-12-14-20(15-13-18)34-17-23(30)27-19-8-4-3-5-9-19/h3-16H,2,17H2,1H3,(H,27,30)(H,28,31)(H,29,32)/b26-16-. The monoisotopic (exact) mass is 460 g/mol. The van der Waals surface area contributed by atoms with Crippen molar-refractivity contribution < 1.29 is 23.9 Å². The van der Waals surface area contributed by atoms with Gasteiger partial charge in [0, 0.05) is 5.69 Å². The minimum Gasteiger partial charge on any atom is -0.492 e. The first-order valence-electron chi connectivity index (χ1n) is 10.5. The first kappa shape index (κ1) is 24.0. The third kappa shape index (κ3) is 7.49. The number of carbonyl (C=O) groups is 3. The molecule has 0 radical (unpaired) electrons. The van der Waals surface area contributed by atoms with Crippen LogP contribution >= 0.6 is 0 Å². The van der Waals surface area contributed by atoms with Gasteiger partial charge in [0.1, 0.15) is 11.5 Å². The average molecular weight is 460 g/mol. The summed E-state index contributed by atoms with van der Waals surface area (Å²) in [4.78, 5) is 36.0. The van der Waals surface area contributed by atoms with Crippen LogP contribution in [-0.4, -0.2) is 37.1 Å². The van der Waals surface area contributed by atoms with Gasteiger partial charge < -0.3 is 20.1 Å². The molecule has 9 nitrogen and oxygen atoms in total. The molecule has 0 atom stereocenters. The molecule has 0 fully saturated rings. The number of amides is 3. The molecule has 34 heavy (non-hydrogen) atoms. The highest BCUT2D eigenvalue weighted by Gasteiger charge is 2.15. The van der Waals surface area contributed by atoms with Crippen LogP contribution in [0.4, 0.5) is 11.4 Å². The zero-order valence-corrected chi connectivity index (χ0v) is 18.5. The number of ether oxygens (including phenoxy) is 2. The predicted octanol–water partition coefficient (Wildman–Crippen LogP) is 3.19. The maximum atomic E-state index is 12.1. The summed E-state index contributed by atoms with van der Waals surface area (Å²) < 4.78 is 10.9. The number of hydrogen-bond donors (Lipinski definition) is 3. The van der Waals surface area contributed by atoms with Gasteiger partial charge in [-0.3, -0.25) is 14.4 Å². The number of rotatable bonds is 9. The number of para-hydroxylation sites is 3. The molecule has 3 aromatic carbocycles. The molecular weight excluding hydrogens is 436 g/mol. The summed E-state index contributed by atoms with van der Waals surface area (Å²) in [6.07, 6.45) is 1.38. The first-order chi connectivity index (χ1) is 16.5. The van der Waals surface area contributed by atoms with Crippen molar-refractivity contribution in [2.75, 3.05) is 23.8 Å². The Bertz CT molecular complexity index is 1150. The number of hydrogen-bond acceptors (Lipinski definition) is 6. The van der Waals surface area contributed by atoms with Crippen molar-refractivity contribution in [1.82, 2.24) is 5.43 Å². The van der Waals surface area contributed by atoms with Crippen molar-refractivity contribution in [2.45, 2.75) is 6.92 Å². The Balaban J connectivity index is 1.44. The minimum absolute atomic E-state index is 0.139. The van der Waals surface area contributed by atoms with Crippen LogP contribution in [0, 0.1) is 0 Å². The Labute approximate surface area is 196 Å². The normalized spacial score (nSPS) is 10.4. The van der Waals surface area contributed by atoms with E-state index in [2.05, 4.69) is 21.2 Å². The number of anilines is 2. The molecule has 0 heterocycles. The summed E-state index contributed by atoms with van der Waals surface area (Å²) in [5.41, 5.74) is 3.91. The van der Waals surface area contributed by atoms with Crippen molar-refractivity contribution in [3.63, 3.8) is 0 Å². The fourth-order valence-corrected chi connectivity index (χ4v) is 2.76. The van der Waals surface area contributed by atoms with Gasteiger partial charge in [0.2, 0.25) is 0 Å². The van der Waals surface area contributed by atoms with E-state index in [1.807, 2.05) is 25.1 Å². The van der Waals surface area contributed by atoms with Gasteiger partial charge in [-0.05, 0) is 61.0 Å². The molecule has 0 aliphatic carbocycles. The second kappa shape index (κ2) is 12.4. The fourth-order valence-electron chi connectivity index (χ4n) is 2.76. The molecule has 0 saturated heterocycles. The maximum absolute atomic E-state index is 12.1. The van der Waals surface area contributed by atoms with Gasteiger partial charge in [0.25, 0.3) is 5.91 Å². The lowest BCUT2D eigenvalue weighted by Gasteiger charge is -2.10. The molecule has 0 bridgehead atoms. The van der Waals surface area contributed by atoms with E-state index < -0.39 is 11.8 Å². The highest BCUT2D eigenvalue weighted by atomic mass is 16.5. The van der Waals surface area contributed by atoms with Crippen molar-refractivity contribution in [3.05, 3.63) is 84.4 Å². The van der Waals surface area contributed by atoms with Crippen LogP contribution in [0.15, 0.2) is 84.0 Å². The largest absolute Gasteiger partial charge is 0.492 e. The van der Waals surface area contributed by atoms with Crippen molar-refractivity contribution in [1.29, 1.82) is 0 Å². The number of benzene rings is 3. The number of carbonyl (C=O) groups excluding carboxylic acids is 3. The Kier molecular flexibility index (Phi) is 8.75. The summed E-state index contributed by atoms with van der Waals surface area (Å²) >= 11 is 0. The third-order valence-corrected chi connectivity index (χ3v) is 4.33. The van der Waals surface area contributed by atoms with Gasteiger partial charge in [0.05, 0.1) is 18.5 Å². The summed E-state index contributed by atoms with van der Waals surface area (Å²) in [5.74, 6) is -1.11.